The van der Waals surface area contributed by atoms with Crippen molar-refractivity contribution in [2.24, 2.45) is 0 Å². The monoisotopic (exact) mass is 796 g/mol. The average molecular weight is 798 g/mol. The van der Waals surface area contributed by atoms with Crippen molar-refractivity contribution >= 4 is 34.1 Å². The molecule has 2 unspecified atom stereocenters. The molecule has 0 heterocycles. The third kappa shape index (κ3) is 10.1. The molecule has 8 rings (SSSR count). The molecule has 268 valence electrons. The molecule has 6 aromatic carbocycles. The first kappa shape index (κ1) is 39.0. The Bertz CT molecular complexity index is 2040. The molecule has 54 heavy (non-hydrogen) atoms. The smallest absolute Gasteiger partial charge is 0.158 e. The van der Waals surface area contributed by atoms with E-state index >= 15 is 0 Å². The van der Waals surface area contributed by atoms with E-state index in [0.29, 0.717) is 7.25 Å². The minimum Gasteiger partial charge on any atom is -0.425 e. The molecule has 2 aliphatic rings. The van der Waals surface area contributed by atoms with Crippen LogP contribution in [0, 0.1) is 0 Å². The summed E-state index contributed by atoms with van der Waals surface area (Å²) in [6.45, 7) is 9.77. The molecule has 0 saturated carbocycles. The van der Waals surface area contributed by atoms with Crippen LogP contribution in [-0.2, 0) is 27.7 Å². The summed E-state index contributed by atoms with van der Waals surface area (Å²) in [7, 11) is -0.0860. The quantitative estimate of drug-likeness (QED) is 0.105. The van der Waals surface area contributed by atoms with Gasteiger partial charge < -0.3 is 4.43 Å². The van der Waals surface area contributed by atoms with E-state index in [9.17, 15) is 0 Å². The second kappa shape index (κ2) is 20.1. The largest absolute Gasteiger partial charge is 0.425 e. The average Bonchev–Trinajstić information content (AvgIpc) is 3.73. The maximum absolute atomic E-state index is 4.97. The molecule has 1 nitrogen and oxygen atoms in total. The second-order valence-corrected chi connectivity index (χ2v) is 18.1. The van der Waals surface area contributed by atoms with Gasteiger partial charge in [-0.25, -0.2) is 0 Å². The zero-order valence-corrected chi connectivity index (χ0v) is 35.8. The van der Waals surface area contributed by atoms with Gasteiger partial charge in [0.25, 0.3) is 0 Å². The van der Waals surface area contributed by atoms with E-state index in [1.165, 1.54) is 44.5 Å². The minimum atomic E-state index is -0.835. The van der Waals surface area contributed by atoms with E-state index in [1.54, 1.807) is 22.3 Å². The summed E-state index contributed by atoms with van der Waals surface area (Å²) in [4.78, 5) is 0. The van der Waals surface area contributed by atoms with E-state index in [1.807, 2.05) is 43.3 Å². The van der Waals surface area contributed by atoms with Crippen LogP contribution >= 0.6 is 0 Å². The Balaban J connectivity index is 0.000000197. The molecule has 2 atom stereocenters. The van der Waals surface area contributed by atoms with Crippen LogP contribution in [0.3, 0.4) is 0 Å². The van der Waals surface area contributed by atoms with Crippen LogP contribution in [0.15, 0.2) is 181 Å². The topological polar surface area (TPSA) is 9.23 Å². The Kier molecular flexibility index (Phi) is 14.6. The fourth-order valence-electron chi connectivity index (χ4n) is 7.12. The predicted molar refractivity (Wildman–Crippen MR) is 234 cm³/mol. The van der Waals surface area contributed by atoms with Gasteiger partial charge in [-0.2, -0.15) is 0 Å². The number of fused-ring (bicyclic) bond motifs is 2. The van der Waals surface area contributed by atoms with E-state index in [4.69, 9.17) is 4.43 Å². The summed E-state index contributed by atoms with van der Waals surface area (Å²) in [5.74, 6) is 0. The number of hydrogen-bond acceptors (Lipinski definition) is 1. The Morgan fingerprint density at radius 2 is 0.907 bits per heavy atom. The molecule has 0 aliphatic heterocycles. The van der Waals surface area contributed by atoms with Gasteiger partial charge in [-0.15, -0.1) is 0 Å². The standard InChI is InChI=1S/2C16H13.C16H14.C3H10OSi.Zr/c2*1-12-10-14-8-5-9-15(16(14)11-12)13-6-3-2-4-7-13;1-3-9-15(10-4-1)13-7-8-14-16-11-5-2-6-12-16;1-3-4-5-2;/h2*2-11H,1H3;1-14H;3,5H2,1-2H3;. The van der Waals surface area contributed by atoms with Crippen molar-refractivity contribution in [3.05, 3.63) is 214 Å². The van der Waals surface area contributed by atoms with E-state index in [-0.39, 0.29) is 9.76 Å². The van der Waals surface area contributed by atoms with Crippen molar-refractivity contribution in [3.8, 4) is 22.3 Å². The van der Waals surface area contributed by atoms with Crippen LogP contribution in [-0.4, -0.2) is 16.4 Å². The Labute approximate surface area is 337 Å². The van der Waals surface area contributed by atoms with Crippen molar-refractivity contribution in [1.29, 1.82) is 0 Å². The van der Waals surface area contributed by atoms with Gasteiger partial charge in [0.05, 0.1) is 0 Å². The third-order valence-electron chi connectivity index (χ3n) is 9.76. The summed E-state index contributed by atoms with van der Waals surface area (Å²) < 4.78 is 6.24. The summed E-state index contributed by atoms with van der Waals surface area (Å²) in [5, 5.41) is 0. The van der Waals surface area contributed by atoms with Crippen LogP contribution in [0.4, 0.5) is 0 Å². The molecular formula is C51H50OSiZr. The molecule has 0 amide bonds. The van der Waals surface area contributed by atoms with Crippen molar-refractivity contribution in [1.82, 2.24) is 0 Å². The molecule has 2 aliphatic carbocycles. The SMILES string of the molecule is C(C=Cc1ccccc1)=Cc1ccccc1.CC1=Cc2c(-c3ccccc3)cccc2[CH]1[Zr][CH]1C(C)=Cc2c(-c3ccccc3)cccc21.CCO[SiH2]C. The van der Waals surface area contributed by atoms with Gasteiger partial charge in [0.15, 0.2) is 9.76 Å². The predicted octanol–water partition coefficient (Wildman–Crippen LogP) is 13.3. The van der Waals surface area contributed by atoms with Gasteiger partial charge in [-0.1, -0.05) is 91.5 Å². The van der Waals surface area contributed by atoms with Gasteiger partial charge in [0.1, 0.15) is 0 Å². The molecule has 3 heteroatoms. The molecule has 0 spiro atoms. The van der Waals surface area contributed by atoms with Gasteiger partial charge in [-0.3, -0.25) is 0 Å². The summed E-state index contributed by atoms with van der Waals surface area (Å²) in [5.41, 5.74) is 17.0. The van der Waals surface area contributed by atoms with E-state index < -0.39 is 23.2 Å². The molecular weight excluding hydrogens is 748 g/mol. The van der Waals surface area contributed by atoms with Crippen molar-refractivity contribution in [2.75, 3.05) is 6.61 Å². The number of benzene rings is 6. The van der Waals surface area contributed by atoms with Crippen LogP contribution in [0.5, 0.6) is 0 Å². The zero-order valence-electron chi connectivity index (χ0n) is 32.0. The molecule has 0 aromatic heterocycles. The van der Waals surface area contributed by atoms with Crippen molar-refractivity contribution < 1.29 is 27.7 Å². The molecule has 6 aromatic rings. The molecule has 0 saturated heterocycles. The number of rotatable bonds is 9. The first-order chi connectivity index (χ1) is 26.6. The first-order valence-corrected chi connectivity index (χ1v) is 23.9. The summed E-state index contributed by atoms with van der Waals surface area (Å²) in [6, 6.07) is 56.1. The minimum absolute atomic E-state index is 0.0860. The van der Waals surface area contributed by atoms with Gasteiger partial charge in [-0.05, 0) is 18.1 Å². The normalized spacial score (nSPS) is 15.6. The Hall–Kier alpha value is -4.66. The van der Waals surface area contributed by atoms with Crippen LogP contribution < -0.4 is 0 Å². The molecule has 0 bridgehead atoms. The fraction of sp³-hybridized carbons (Fsp3) is 0.137. The first-order valence-electron chi connectivity index (χ1n) is 19.1. The molecule has 0 N–H and O–H groups in total. The summed E-state index contributed by atoms with van der Waals surface area (Å²) >= 11 is -0.835. The maximum Gasteiger partial charge on any atom is 0.158 e. The zero-order chi connectivity index (χ0) is 37.5. The third-order valence-corrected chi connectivity index (χ3v) is 16.0. The Morgan fingerprint density at radius 1 is 0.519 bits per heavy atom. The summed E-state index contributed by atoms with van der Waals surface area (Å²) in [6.07, 6.45) is 13.3. The van der Waals surface area contributed by atoms with Crippen LogP contribution in [0.1, 0.15) is 61.4 Å². The molecule has 0 fully saturated rings. The van der Waals surface area contributed by atoms with Gasteiger partial charge in [0, 0.05) is 6.61 Å². The van der Waals surface area contributed by atoms with E-state index in [0.717, 1.165) is 6.61 Å². The second-order valence-electron chi connectivity index (χ2n) is 13.5. The van der Waals surface area contributed by atoms with Gasteiger partial charge >= 0.3 is 209 Å². The van der Waals surface area contributed by atoms with Crippen molar-refractivity contribution in [2.45, 2.75) is 34.6 Å². The number of allylic oxidation sites excluding steroid dienone is 4. The van der Waals surface area contributed by atoms with E-state index in [2.05, 4.69) is 178 Å². The molecule has 0 radical (unpaired) electrons. The van der Waals surface area contributed by atoms with Gasteiger partial charge in [0.2, 0.25) is 0 Å². The van der Waals surface area contributed by atoms with Crippen LogP contribution in [0.2, 0.25) is 6.55 Å². The maximum atomic E-state index is 4.97. The van der Waals surface area contributed by atoms with Crippen LogP contribution in [0.25, 0.3) is 46.6 Å². The Morgan fingerprint density at radius 3 is 1.26 bits per heavy atom. The van der Waals surface area contributed by atoms with Crippen molar-refractivity contribution in [3.63, 3.8) is 0 Å². The number of hydrogen-bond donors (Lipinski definition) is 0. The fourth-order valence-corrected chi connectivity index (χ4v) is 12.2.